The third kappa shape index (κ3) is 2.88. The van der Waals surface area contributed by atoms with Gasteiger partial charge in [0.05, 0.1) is 16.1 Å². The van der Waals surface area contributed by atoms with Crippen molar-refractivity contribution in [1.82, 2.24) is 9.97 Å². The van der Waals surface area contributed by atoms with E-state index in [1.165, 1.54) is 0 Å². The van der Waals surface area contributed by atoms with E-state index in [1.54, 1.807) is 0 Å². The zero-order valence-electron chi connectivity index (χ0n) is 8.23. The number of rotatable bonds is 1. The quantitative estimate of drug-likeness (QED) is 0.777. The van der Waals surface area contributed by atoms with Gasteiger partial charge in [-0.05, 0) is 6.07 Å². The molecule has 0 aliphatic heterocycles. The lowest BCUT2D eigenvalue weighted by Crippen LogP contribution is -2.17. The van der Waals surface area contributed by atoms with Gasteiger partial charge in [-0.15, -0.1) is 13.2 Å². The Morgan fingerprint density at radius 1 is 0.944 bits per heavy atom. The third-order valence-electron chi connectivity index (χ3n) is 1.86. The van der Waals surface area contributed by atoms with Gasteiger partial charge in [0, 0.05) is 6.07 Å². The normalized spacial score (nSPS) is 11.9. The lowest BCUT2D eigenvalue weighted by molar-refractivity contribution is -0.274. The minimum Gasteiger partial charge on any atom is -0.404 e. The first kappa shape index (κ1) is 13.5. The van der Waals surface area contributed by atoms with Gasteiger partial charge in [0.2, 0.25) is 0 Å². The van der Waals surface area contributed by atoms with Gasteiger partial charge >= 0.3 is 6.36 Å². The number of hydrogen-bond donors (Lipinski definition) is 0. The lowest BCUT2D eigenvalue weighted by atomic mass is 10.3. The van der Waals surface area contributed by atoms with E-state index in [4.69, 9.17) is 34.8 Å². The zero-order valence-corrected chi connectivity index (χ0v) is 10.5. The molecule has 0 fully saturated rings. The average molecular weight is 317 g/mol. The van der Waals surface area contributed by atoms with Crippen molar-refractivity contribution in [2.24, 2.45) is 0 Å². The van der Waals surface area contributed by atoms with E-state index in [-0.39, 0.29) is 26.4 Å². The average Bonchev–Trinajstić information content (AvgIpc) is 2.20. The van der Waals surface area contributed by atoms with Crippen LogP contribution in [0.25, 0.3) is 11.0 Å². The van der Waals surface area contributed by atoms with Crippen molar-refractivity contribution in [3.8, 4) is 5.75 Å². The van der Waals surface area contributed by atoms with Crippen molar-refractivity contribution < 1.29 is 17.9 Å². The van der Waals surface area contributed by atoms with E-state index in [9.17, 15) is 13.2 Å². The molecule has 9 heteroatoms. The molecule has 0 N–H and O–H groups in total. The monoisotopic (exact) mass is 316 g/mol. The Balaban J connectivity index is 2.57. The van der Waals surface area contributed by atoms with Gasteiger partial charge in [-0.2, -0.15) is 0 Å². The maximum atomic E-state index is 12.1. The van der Waals surface area contributed by atoms with E-state index < -0.39 is 12.1 Å². The molecule has 0 saturated heterocycles. The number of fused-ring (bicyclic) bond motifs is 1. The van der Waals surface area contributed by atoms with Crippen LogP contribution in [0, 0.1) is 0 Å². The molecule has 96 valence electrons. The second-order valence-corrected chi connectivity index (χ2v) is 4.25. The van der Waals surface area contributed by atoms with Crippen molar-refractivity contribution in [1.29, 1.82) is 0 Å². The van der Waals surface area contributed by atoms with E-state index in [1.807, 2.05) is 0 Å². The predicted molar refractivity (Wildman–Crippen MR) is 61.3 cm³/mol. The topological polar surface area (TPSA) is 35.0 Å². The Kier molecular flexibility index (Phi) is 3.44. The molecule has 0 aliphatic carbocycles. The highest BCUT2D eigenvalue weighted by Gasteiger charge is 2.32. The largest absolute Gasteiger partial charge is 0.573 e. The van der Waals surface area contributed by atoms with Gasteiger partial charge < -0.3 is 4.74 Å². The van der Waals surface area contributed by atoms with Crippen LogP contribution in [0.1, 0.15) is 0 Å². The van der Waals surface area contributed by atoms with E-state index in [0.29, 0.717) is 0 Å². The number of alkyl halides is 3. The number of nitrogens with zero attached hydrogens (tertiary/aromatic N) is 2. The molecule has 0 spiro atoms. The number of hydrogen-bond acceptors (Lipinski definition) is 3. The molecule has 0 saturated carbocycles. The van der Waals surface area contributed by atoms with Crippen molar-refractivity contribution >= 4 is 45.8 Å². The maximum Gasteiger partial charge on any atom is 0.573 e. The van der Waals surface area contributed by atoms with Crippen molar-refractivity contribution in [2.45, 2.75) is 6.36 Å². The molecular formula is C9H2Cl3F3N2O. The fraction of sp³-hybridized carbons (Fsp3) is 0.111. The van der Waals surface area contributed by atoms with Crippen LogP contribution in [-0.2, 0) is 0 Å². The summed E-state index contributed by atoms with van der Waals surface area (Å²) in [6.07, 6.45) is -4.85. The Bertz CT molecular complexity index is 618. The lowest BCUT2D eigenvalue weighted by Gasteiger charge is -2.11. The first-order valence-electron chi connectivity index (χ1n) is 4.34. The molecule has 3 nitrogen and oxygen atoms in total. The minimum atomic E-state index is -4.85. The zero-order chi connectivity index (χ0) is 13.5. The van der Waals surface area contributed by atoms with Gasteiger partial charge in [0.1, 0.15) is 5.75 Å². The standard InChI is InChI=1S/C9H2Cl3F3N2O/c10-3-1-4-5(17-8(12)7(11)16-4)2-6(3)18-9(13,14)15/h1-2H. The van der Waals surface area contributed by atoms with Crippen LogP contribution in [-0.4, -0.2) is 16.3 Å². The molecule has 18 heavy (non-hydrogen) atoms. The van der Waals surface area contributed by atoms with E-state index >= 15 is 0 Å². The fourth-order valence-electron chi connectivity index (χ4n) is 1.22. The minimum absolute atomic E-state index is 0.0651. The molecule has 0 aliphatic rings. The molecule has 0 atom stereocenters. The van der Waals surface area contributed by atoms with Crippen LogP contribution in [0.3, 0.4) is 0 Å². The molecule has 0 bridgehead atoms. The molecule has 0 amide bonds. The number of benzene rings is 1. The molecule has 0 radical (unpaired) electrons. The molecule has 1 aromatic heterocycles. The highest BCUT2D eigenvalue weighted by Crippen LogP contribution is 2.34. The van der Waals surface area contributed by atoms with Crippen LogP contribution in [0.15, 0.2) is 12.1 Å². The molecular weight excluding hydrogens is 315 g/mol. The second kappa shape index (κ2) is 4.60. The summed E-state index contributed by atoms with van der Waals surface area (Å²) in [7, 11) is 0. The van der Waals surface area contributed by atoms with Gasteiger partial charge in [-0.1, -0.05) is 34.8 Å². The van der Waals surface area contributed by atoms with E-state index in [2.05, 4.69) is 14.7 Å². The summed E-state index contributed by atoms with van der Waals surface area (Å²) in [6.45, 7) is 0. The molecule has 2 rings (SSSR count). The Morgan fingerprint density at radius 3 is 1.94 bits per heavy atom. The summed E-state index contributed by atoms with van der Waals surface area (Å²) in [4.78, 5) is 7.60. The van der Waals surface area contributed by atoms with Crippen molar-refractivity contribution in [2.75, 3.05) is 0 Å². The van der Waals surface area contributed by atoms with Crippen molar-refractivity contribution in [3.63, 3.8) is 0 Å². The smallest absolute Gasteiger partial charge is 0.404 e. The molecule has 2 aromatic rings. The first-order valence-corrected chi connectivity index (χ1v) is 5.48. The molecule has 1 heterocycles. The second-order valence-electron chi connectivity index (χ2n) is 3.12. The van der Waals surface area contributed by atoms with Crippen molar-refractivity contribution in [3.05, 3.63) is 27.5 Å². The summed E-state index contributed by atoms with van der Waals surface area (Å²) in [5.74, 6) is -0.579. The SMILES string of the molecule is FC(F)(F)Oc1cc2nc(Cl)c(Cl)nc2cc1Cl. The van der Waals surface area contributed by atoms with Crippen LogP contribution < -0.4 is 4.74 Å². The Hall–Kier alpha value is -0.980. The Labute approximate surface area is 113 Å². The highest BCUT2D eigenvalue weighted by atomic mass is 35.5. The van der Waals surface area contributed by atoms with Crippen LogP contribution in [0.4, 0.5) is 13.2 Å². The molecule has 1 aromatic carbocycles. The van der Waals surface area contributed by atoms with Gasteiger partial charge in [-0.25, -0.2) is 9.97 Å². The van der Waals surface area contributed by atoms with E-state index in [0.717, 1.165) is 12.1 Å². The summed E-state index contributed by atoms with van der Waals surface area (Å²) in [6, 6.07) is 2.15. The summed E-state index contributed by atoms with van der Waals surface area (Å²) >= 11 is 16.9. The number of halogens is 6. The van der Waals surface area contributed by atoms with Gasteiger partial charge in [0.25, 0.3) is 0 Å². The Morgan fingerprint density at radius 2 is 1.44 bits per heavy atom. The first-order chi connectivity index (χ1) is 8.26. The van der Waals surface area contributed by atoms with Gasteiger partial charge in [-0.3, -0.25) is 0 Å². The fourth-order valence-corrected chi connectivity index (χ4v) is 1.68. The number of ether oxygens (including phenoxy) is 1. The van der Waals surface area contributed by atoms with Crippen LogP contribution in [0.2, 0.25) is 15.3 Å². The maximum absolute atomic E-state index is 12.1. The third-order valence-corrected chi connectivity index (χ3v) is 2.78. The predicted octanol–water partition coefficient (Wildman–Crippen LogP) is 4.49. The summed E-state index contributed by atoms with van der Waals surface area (Å²) in [5, 5.41) is -0.443. The van der Waals surface area contributed by atoms with Crippen LogP contribution >= 0.6 is 34.8 Å². The van der Waals surface area contributed by atoms with Gasteiger partial charge in [0.15, 0.2) is 10.3 Å². The number of aromatic nitrogens is 2. The summed E-state index contributed by atoms with van der Waals surface area (Å²) < 4.78 is 40.0. The molecule has 0 unspecified atom stereocenters. The highest BCUT2D eigenvalue weighted by molar-refractivity contribution is 6.40. The van der Waals surface area contributed by atoms with Crippen LogP contribution in [0.5, 0.6) is 5.75 Å². The summed E-state index contributed by atoms with van der Waals surface area (Å²) in [5.41, 5.74) is 0.303.